The summed E-state index contributed by atoms with van der Waals surface area (Å²) in [6, 6.07) is 5.53. The fraction of sp³-hybridized carbons (Fsp3) is 0.467. The zero-order chi connectivity index (χ0) is 14.7. The van der Waals surface area contributed by atoms with Gasteiger partial charge in [0.25, 0.3) is 0 Å². The van der Waals surface area contributed by atoms with Crippen LogP contribution in [-0.2, 0) is 4.79 Å². The summed E-state index contributed by atoms with van der Waals surface area (Å²) < 4.78 is 5.42. The summed E-state index contributed by atoms with van der Waals surface area (Å²) in [5, 5.41) is 6.85. The van der Waals surface area contributed by atoms with Crippen LogP contribution in [0, 0.1) is 6.92 Å². The van der Waals surface area contributed by atoms with Crippen molar-refractivity contribution in [1.29, 1.82) is 0 Å². The van der Waals surface area contributed by atoms with Crippen molar-refractivity contribution in [3.8, 4) is 0 Å². The number of aryl methyl sites for hydroxylation is 1. The van der Waals surface area contributed by atoms with Gasteiger partial charge < -0.3 is 15.1 Å². The first-order valence-electron chi connectivity index (χ1n) is 7.20. The number of fused-ring (bicyclic) bond motifs is 1. The van der Waals surface area contributed by atoms with E-state index >= 15 is 0 Å². The molecule has 6 heteroatoms. The second-order valence-electron chi connectivity index (χ2n) is 5.22. The minimum atomic E-state index is 0.0399. The molecule has 0 aliphatic carbocycles. The van der Waals surface area contributed by atoms with Crippen LogP contribution in [0.5, 0.6) is 0 Å². The molecule has 2 heterocycles. The van der Waals surface area contributed by atoms with E-state index in [0.29, 0.717) is 16.9 Å². The van der Waals surface area contributed by atoms with E-state index in [1.165, 1.54) is 0 Å². The third kappa shape index (κ3) is 3.77. The Morgan fingerprint density at radius 3 is 3.10 bits per heavy atom. The summed E-state index contributed by atoms with van der Waals surface area (Å²) in [6.07, 6.45) is 2.28. The van der Waals surface area contributed by atoms with Gasteiger partial charge in [0.2, 0.25) is 5.91 Å². The van der Waals surface area contributed by atoms with Crippen LogP contribution in [0.15, 0.2) is 22.6 Å². The third-order valence-corrected chi connectivity index (χ3v) is 4.89. The van der Waals surface area contributed by atoms with Gasteiger partial charge in [0.1, 0.15) is 5.52 Å². The van der Waals surface area contributed by atoms with Crippen LogP contribution in [0.25, 0.3) is 11.1 Å². The summed E-state index contributed by atoms with van der Waals surface area (Å²) in [7, 11) is 0. The van der Waals surface area contributed by atoms with Crippen molar-refractivity contribution < 1.29 is 9.21 Å². The Labute approximate surface area is 127 Å². The average molecular weight is 305 g/mol. The van der Waals surface area contributed by atoms with Crippen molar-refractivity contribution in [1.82, 2.24) is 10.3 Å². The van der Waals surface area contributed by atoms with Crippen LogP contribution in [0.1, 0.15) is 18.7 Å². The molecule has 0 saturated carbocycles. The number of amides is 1. The average Bonchev–Trinajstić information content (AvgIpc) is 2.85. The number of nitrogens with zero attached hydrogens (tertiary/aromatic N) is 1. The molecule has 1 aromatic carbocycles. The highest BCUT2D eigenvalue weighted by Crippen LogP contribution is 2.22. The monoisotopic (exact) mass is 305 g/mol. The molecule has 1 aliphatic rings. The van der Waals surface area contributed by atoms with Gasteiger partial charge in [0.05, 0.1) is 5.75 Å². The lowest BCUT2D eigenvalue weighted by Gasteiger charge is -2.21. The highest BCUT2D eigenvalue weighted by Gasteiger charge is 2.15. The van der Waals surface area contributed by atoms with Crippen LogP contribution in [0.4, 0.5) is 5.69 Å². The zero-order valence-electron chi connectivity index (χ0n) is 12.0. The SMILES string of the molecule is Cc1nc2cc(NC(=O)CSC3CCNCC3)ccc2o1. The molecule has 0 atom stereocenters. The zero-order valence-corrected chi connectivity index (χ0v) is 12.8. The maximum atomic E-state index is 12.0. The topological polar surface area (TPSA) is 67.2 Å². The molecule has 112 valence electrons. The molecular weight excluding hydrogens is 286 g/mol. The number of thioether (sulfide) groups is 1. The van der Waals surface area contributed by atoms with Gasteiger partial charge in [-0.1, -0.05) is 0 Å². The second-order valence-corrected chi connectivity index (χ2v) is 6.51. The first-order chi connectivity index (χ1) is 10.2. The minimum Gasteiger partial charge on any atom is -0.441 e. The number of hydrogen-bond donors (Lipinski definition) is 2. The number of hydrogen-bond acceptors (Lipinski definition) is 5. The van der Waals surface area contributed by atoms with Crippen LogP contribution >= 0.6 is 11.8 Å². The molecule has 0 bridgehead atoms. The number of aromatic nitrogens is 1. The van der Waals surface area contributed by atoms with Crippen LogP contribution < -0.4 is 10.6 Å². The molecule has 1 saturated heterocycles. The number of benzene rings is 1. The Bertz CT molecular complexity index is 635. The first-order valence-corrected chi connectivity index (χ1v) is 8.25. The van der Waals surface area contributed by atoms with Crippen LogP contribution in [0.3, 0.4) is 0 Å². The standard InChI is InChI=1S/C15H19N3O2S/c1-10-17-13-8-11(2-3-14(13)20-10)18-15(19)9-21-12-4-6-16-7-5-12/h2-3,8,12,16H,4-7,9H2,1H3,(H,18,19). The predicted molar refractivity (Wildman–Crippen MR) is 85.7 cm³/mol. The van der Waals surface area contributed by atoms with E-state index in [0.717, 1.165) is 42.7 Å². The van der Waals surface area contributed by atoms with Gasteiger partial charge in [-0.2, -0.15) is 0 Å². The van der Waals surface area contributed by atoms with Gasteiger partial charge in [0.15, 0.2) is 11.5 Å². The Morgan fingerprint density at radius 2 is 2.29 bits per heavy atom. The molecule has 3 rings (SSSR count). The molecule has 1 amide bonds. The van der Waals surface area contributed by atoms with Crippen LogP contribution in [-0.4, -0.2) is 35.0 Å². The smallest absolute Gasteiger partial charge is 0.234 e. The maximum absolute atomic E-state index is 12.0. The fourth-order valence-electron chi connectivity index (χ4n) is 2.47. The van der Waals surface area contributed by atoms with Crippen molar-refractivity contribution in [3.05, 3.63) is 24.1 Å². The molecule has 1 fully saturated rings. The summed E-state index contributed by atoms with van der Waals surface area (Å²) in [6.45, 7) is 3.93. The molecule has 1 aliphatic heterocycles. The van der Waals surface area contributed by atoms with E-state index in [2.05, 4.69) is 15.6 Å². The minimum absolute atomic E-state index is 0.0399. The molecule has 0 radical (unpaired) electrons. The van der Waals surface area contributed by atoms with Gasteiger partial charge in [-0.05, 0) is 44.1 Å². The number of rotatable bonds is 4. The highest BCUT2D eigenvalue weighted by molar-refractivity contribution is 8.00. The molecular formula is C15H19N3O2S. The Balaban J connectivity index is 1.55. The number of anilines is 1. The summed E-state index contributed by atoms with van der Waals surface area (Å²) >= 11 is 1.75. The van der Waals surface area contributed by atoms with Gasteiger partial charge in [0, 0.05) is 17.9 Å². The molecule has 21 heavy (non-hydrogen) atoms. The van der Waals surface area contributed by atoms with E-state index in [1.807, 2.05) is 25.1 Å². The van der Waals surface area contributed by atoms with E-state index in [9.17, 15) is 4.79 Å². The number of carbonyl (C=O) groups is 1. The number of oxazole rings is 1. The normalized spacial score (nSPS) is 16.2. The summed E-state index contributed by atoms with van der Waals surface area (Å²) in [5.74, 6) is 1.17. The fourth-order valence-corrected chi connectivity index (χ4v) is 3.50. The predicted octanol–water partition coefficient (Wildman–Crippen LogP) is 2.56. The number of nitrogens with one attached hydrogen (secondary N) is 2. The quantitative estimate of drug-likeness (QED) is 0.908. The molecule has 2 aromatic rings. The number of carbonyl (C=O) groups excluding carboxylic acids is 1. The lowest BCUT2D eigenvalue weighted by Crippen LogP contribution is -2.30. The van der Waals surface area contributed by atoms with Gasteiger partial charge in [-0.15, -0.1) is 11.8 Å². The van der Waals surface area contributed by atoms with Crippen molar-refractivity contribution in [2.45, 2.75) is 25.0 Å². The molecule has 5 nitrogen and oxygen atoms in total. The Kier molecular flexibility index (Phi) is 4.45. The highest BCUT2D eigenvalue weighted by atomic mass is 32.2. The van der Waals surface area contributed by atoms with Gasteiger partial charge in [-0.3, -0.25) is 4.79 Å². The van der Waals surface area contributed by atoms with Gasteiger partial charge in [-0.25, -0.2) is 4.98 Å². The van der Waals surface area contributed by atoms with Crippen molar-refractivity contribution in [2.24, 2.45) is 0 Å². The van der Waals surface area contributed by atoms with Crippen molar-refractivity contribution in [3.63, 3.8) is 0 Å². The molecule has 2 N–H and O–H groups in total. The molecule has 0 unspecified atom stereocenters. The Hall–Kier alpha value is -1.53. The molecule has 1 aromatic heterocycles. The van der Waals surface area contributed by atoms with Crippen molar-refractivity contribution in [2.75, 3.05) is 24.2 Å². The van der Waals surface area contributed by atoms with Gasteiger partial charge >= 0.3 is 0 Å². The maximum Gasteiger partial charge on any atom is 0.234 e. The van der Waals surface area contributed by atoms with E-state index < -0.39 is 0 Å². The summed E-state index contributed by atoms with van der Waals surface area (Å²) in [4.78, 5) is 16.3. The lowest BCUT2D eigenvalue weighted by atomic mass is 10.2. The van der Waals surface area contributed by atoms with E-state index in [1.54, 1.807) is 11.8 Å². The van der Waals surface area contributed by atoms with E-state index in [4.69, 9.17) is 4.42 Å². The third-order valence-electron chi connectivity index (χ3n) is 3.51. The molecule has 0 spiro atoms. The summed E-state index contributed by atoms with van der Waals surface area (Å²) in [5.41, 5.74) is 2.29. The largest absolute Gasteiger partial charge is 0.441 e. The lowest BCUT2D eigenvalue weighted by molar-refractivity contribution is -0.113. The second kappa shape index (κ2) is 6.49. The van der Waals surface area contributed by atoms with Crippen LogP contribution in [0.2, 0.25) is 0 Å². The van der Waals surface area contributed by atoms with E-state index in [-0.39, 0.29) is 5.91 Å². The Morgan fingerprint density at radius 1 is 1.48 bits per heavy atom. The number of piperidine rings is 1. The first kappa shape index (κ1) is 14.4. The van der Waals surface area contributed by atoms with Crippen molar-refractivity contribution >= 4 is 34.5 Å².